The first-order valence-corrected chi connectivity index (χ1v) is 6.10. The van der Waals surface area contributed by atoms with Gasteiger partial charge in [-0.25, -0.2) is 4.79 Å². The Balaban J connectivity index is 2.26. The lowest BCUT2D eigenvalue weighted by Gasteiger charge is -2.13. The van der Waals surface area contributed by atoms with Gasteiger partial charge in [-0.15, -0.1) is 11.3 Å². The fourth-order valence-electron chi connectivity index (χ4n) is 1.87. The van der Waals surface area contributed by atoms with Crippen LogP contribution in [0, 0.1) is 0 Å². The van der Waals surface area contributed by atoms with Crippen LogP contribution in [0.5, 0.6) is 0 Å². The summed E-state index contributed by atoms with van der Waals surface area (Å²) in [5.74, 6) is -0.238. The normalized spacial score (nSPS) is 17.2. The zero-order chi connectivity index (χ0) is 11.5. The lowest BCUT2D eigenvalue weighted by molar-refractivity contribution is 0.0531. The summed E-state index contributed by atoms with van der Waals surface area (Å²) in [6.45, 7) is 2.20. The van der Waals surface area contributed by atoms with E-state index in [-0.39, 0.29) is 5.97 Å². The molecule has 1 N–H and O–H groups in total. The fraction of sp³-hybridized carbons (Fsp3) is 0.455. The Bertz CT molecular complexity index is 436. The van der Waals surface area contributed by atoms with Crippen molar-refractivity contribution in [1.29, 1.82) is 0 Å². The maximum absolute atomic E-state index is 11.6. The highest BCUT2D eigenvalue weighted by atomic mass is 32.1. The van der Waals surface area contributed by atoms with Crippen LogP contribution >= 0.6 is 11.3 Å². The van der Waals surface area contributed by atoms with Gasteiger partial charge >= 0.3 is 5.97 Å². The van der Waals surface area contributed by atoms with Crippen LogP contribution in [0.1, 0.15) is 34.1 Å². The molecule has 0 radical (unpaired) electrons. The number of ether oxygens (including phenoxy) is 1. The predicted molar refractivity (Wildman–Crippen MR) is 61.5 cm³/mol. The van der Waals surface area contributed by atoms with Gasteiger partial charge in [-0.2, -0.15) is 0 Å². The minimum atomic E-state index is -0.238. The molecule has 1 aromatic heterocycles. The monoisotopic (exact) mass is 239 g/mol. The van der Waals surface area contributed by atoms with Crippen LogP contribution in [0.2, 0.25) is 0 Å². The van der Waals surface area contributed by atoms with Gasteiger partial charge in [-0.1, -0.05) is 5.16 Å². The van der Waals surface area contributed by atoms with Gasteiger partial charge in [0.05, 0.1) is 12.3 Å². The zero-order valence-corrected chi connectivity index (χ0v) is 9.84. The molecule has 1 aromatic rings. The summed E-state index contributed by atoms with van der Waals surface area (Å²) in [4.78, 5) is 12.3. The first-order chi connectivity index (χ1) is 7.76. The number of nitrogens with zero attached hydrogens (tertiary/aromatic N) is 1. The minimum Gasteiger partial charge on any atom is -0.462 e. The Kier molecular flexibility index (Phi) is 3.24. The van der Waals surface area contributed by atoms with E-state index in [1.807, 2.05) is 5.38 Å². The van der Waals surface area contributed by atoms with E-state index in [0.29, 0.717) is 24.3 Å². The van der Waals surface area contributed by atoms with E-state index in [9.17, 15) is 4.79 Å². The van der Waals surface area contributed by atoms with Gasteiger partial charge < -0.3 is 9.94 Å². The number of thiophene rings is 1. The van der Waals surface area contributed by atoms with E-state index in [4.69, 9.17) is 9.94 Å². The molecule has 0 fully saturated rings. The first kappa shape index (κ1) is 11.1. The maximum Gasteiger partial charge on any atom is 0.348 e. The van der Waals surface area contributed by atoms with Gasteiger partial charge in [0.15, 0.2) is 0 Å². The van der Waals surface area contributed by atoms with Crippen LogP contribution in [0.3, 0.4) is 0 Å². The summed E-state index contributed by atoms with van der Waals surface area (Å²) >= 11 is 1.41. The van der Waals surface area contributed by atoms with Crippen molar-refractivity contribution in [2.45, 2.75) is 26.2 Å². The first-order valence-electron chi connectivity index (χ1n) is 5.22. The molecule has 0 spiro atoms. The van der Waals surface area contributed by atoms with E-state index in [1.165, 1.54) is 11.3 Å². The Morgan fingerprint density at radius 1 is 1.62 bits per heavy atom. The van der Waals surface area contributed by atoms with Crippen LogP contribution in [0.25, 0.3) is 0 Å². The van der Waals surface area contributed by atoms with Crippen LogP contribution in [0.15, 0.2) is 10.5 Å². The quantitative estimate of drug-likeness (QED) is 0.489. The molecule has 1 heterocycles. The number of esters is 1. The molecule has 0 aliphatic heterocycles. The second kappa shape index (κ2) is 4.65. The third-order valence-corrected chi connectivity index (χ3v) is 3.69. The topological polar surface area (TPSA) is 58.9 Å². The molecule has 16 heavy (non-hydrogen) atoms. The van der Waals surface area contributed by atoms with E-state index in [1.54, 1.807) is 6.92 Å². The largest absolute Gasteiger partial charge is 0.462 e. The Labute approximate surface area is 97.5 Å². The molecule has 86 valence electrons. The number of carbonyl (C=O) groups is 1. The van der Waals surface area contributed by atoms with Gasteiger partial charge in [0.1, 0.15) is 4.88 Å². The highest BCUT2D eigenvalue weighted by Gasteiger charge is 2.23. The summed E-state index contributed by atoms with van der Waals surface area (Å²) in [6.07, 6.45) is 2.11. The maximum atomic E-state index is 11.6. The van der Waals surface area contributed by atoms with Crippen molar-refractivity contribution in [2.24, 2.45) is 5.16 Å². The lowest BCUT2D eigenvalue weighted by atomic mass is 9.92. The number of hydrogen-bond acceptors (Lipinski definition) is 5. The molecule has 4 nitrogen and oxygen atoms in total. The summed E-state index contributed by atoms with van der Waals surface area (Å²) in [6, 6.07) is 0. The van der Waals surface area contributed by atoms with E-state index < -0.39 is 0 Å². The number of carbonyl (C=O) groups excluding carboxylic acids is 1. The molecule has 2 rings (SSSR count). The number of oxime groups is 1. The van der Waals surface area contributed by atoms with Gasteiger partial charge in [0, 0.05) is 6.42 Å². The van der Waals surface area contributed by atoms with Crippen molar-refractivity contribution in [2.75, 3.05) is 6.61 Å². The second-order valence-corrected chi connectivity index (χ2v) is 4.51. The van der Waals surface area contributed by atoms with Crippen LogP contribution in [-0.2, 0) is 17.6 Å². The van der Waals surface area contributed by atoms with Crippen molar-refractivity contribution >= 4 is 23.0 Å². The zero-order valence-electron chi connectivity index (χ0n) is 9.02. The highest BCUT2D eigenvalue weighted by Crippen LogP contribution is 2.29. The molecule has 1 aliphatic carbocycles. The van der Waals surface area contributed by atoms with Crippen molar-refractivity contribution in [3.05, 3.63) is 21.4 Å². The van der Waals surface area contributed by atoms with Crippen molar-refractivity contribution < 1.29 is 14.7 Å². The van der Waals surface area contributed by atoms with Crippen LogP contribution in [0.4, 0.5) is 0 Å². The van der Waals surface area contributed by atoms with Crippen molar-refractivity contribution in [3.63, 3.8) is 0 Å². The summed E-state index contributed by atoms with van der Waals surface area (Å²) in [5, 5.41) is 13.9. The number of rotatable bonds is 2. The Hall–Kier alpha value is -1.36. The minimum absolute atomic E-state index is 0.238. The molecule has 5 heteroatoms. The SMILES string of the molecule is CCOC(=O)c1scc2c1CC/C(=N\O)C2. The van der Waals surface area contributed by atoms with E-state index in [0.717, 1.165) is 23.3 Å². The molecule has 1 aliphatic rings. The molecular formula is C11H13NO3S. The smallest absolute Gasteiger partial charge is 0.348 e. The molecule has 0 unspecified atom stereocenters. The standard InChI is InChI=1S/C11H13NO3S/c1-2-15-11(13)10-9-4-3-8(12-14)5-7(9)6-16-10/h6,14H,2-5H2,1H3/b12-8+. The van der Waals surface area contributed by atoms with Crippen LogP contribution in [-0.4, -0.2) is 23.5 Å². The summed E-state index contributed by atoms with van der Waals surface area (Å²) < 4.78 is 5.00. The molecule has 0 aromatic carbocycles. The second-order valence-electron chi connectivity index (χ2n) is 3.63. The molecule has 0 atom stereocenters. The molecule has 0 amide bonds. The third-order valence-electron chi connectivity index (χ3n) is 2.64. The van der Waals surface area contributed by atoms with E-state index in [2.05, 4.69) is 5.16 Å². The van der Waals surface area contributed by atoms with Gasteiger partial charge in [-0.05, 0) is 36.3 Å². The molecular weight excluding hydrogens is 226 g/mol. The lowest BCUT2D eigenvalue weighted by Crippen LogP contribution is -2.15. The average Bonchev–Trinajstić information content (AvgIpc) is 2.71. The predicted octanol–water partition coefficient (Wildman–Crippen LogP) is 2.24. The van der Waals surface area contributed by atoms with Crippen molar-refractivity contribution in [3.8, 4) is 0 Å². The molecule has 0 saturated heterocycles. The number of hydrogen-bond donors (Lipinski definition) is 1. The summed E-state index contributed by atoms with van der Waals surface area (Å²) in [5.41, 5.74) is 2.93. The Morgan fingerprint density at radius 2 is 2.44 bits per heavy atom. The average molecular weight is 239 g/mol. The van der Waals surface area contributed by atoms with Crippen LogP contribution < -0.4 is 0 Å². The fourth-order valence-corrected chi connectivity index (χ4v) is 2.89. The molecule has 0 bridgehead atoms. The van der Waals surface area contributed by atoms with Gasteiger partial charge in [0.25, 0.3) is 0 Å². The van der Waals surface area contributed by atoms with Crippen molar-refractivity contribution in [1.82, 2.24) is 0 Å². The summed E-state index contributed by atoms with van der Waals surface area (Å²) in [7, 11) is 0. The van der Waals surface area contributed by atoms with E-state index >= 15 is 0 Å². The number of fused-ring (bicyclic) bond motifs is 1. The Morgan fingerprint density at radius 3 is 3.12 bits per heavy atom. The highest BCUT2D eigenvalue weighted by molar-refractivity contribution is 7.12. The third kappa shape index (κ3) is 1.95. The van der Waals surface area contributed by atoms with Gasteiger partial charge in [-0.3, -0.25) is 0 Å². The molecule has 0 saturated carbocycles. The van der Waals surface area contributed by atoms with Gasteiger partial charge in [0.2, 0.25) is 0 Å².